The van der Waals surface area contributed by atoms with E-state index >= 15 is 0 Å². The van der Waals surface area contributed by atoms with Gasteiger partial charge in [0.15, 0.2) is 0 Å². The van der Waals surface area contributed by atoms with Crippen molar-refractivity contribution in [2.24, 2.45) is 0 Å². The van der Waals surface area contributed by atoms with Crippen molar-refractivity contribution in [1.82, 2.24) is 9.62 Å². The first-order chi connectivity index (χ1) is 16.6. The molecule has 3 aromatic rings. The molecule has 8 nitrogen and oxygen atoms in total. The fourth-order valence-electron chi connectivity index (χ4n) is 4.40. The summed E-state index contributed by atoms with van der Waals surface area (Å²) >= 11 is 0. The molecule has 0 bridgehead atoms. The third kappa shape index (κ3) is 5.47. The fourth-order valence-corrected chi connectivity index (χ4v) is 6.24. The van der Waals surface area contributed by atoms with Crippen LogP contribution in [-0.4, -0.2) is 31.1 Å². The van der Waals surface area contributed by atoms with Gasteiger partial charge in [0.1, 0.15) is 16.4 Å². The van der Waals surface area contributed by atoms with Crippen LogP contribution in [0.25, 0.3) is 0 Å². The van der Waals surface area contributed by atoms with Gasteiger partial charge in [-0.3, -0.25) is 9.59 Å². The molecule has 0 spiro atoms. The van der Waals surface area contributed by atoms with Crippen molar-refractivity contribution in [3.8, 4) is 0 Å². The number of carbonyl (C=O) groups excluding carboxylic acids is 2. The molecule has 0 radical (unpaired) electrons. The number of nitrogens with zero attached hydrogens (tertiary/aromatic N) is 1. The minimum absolute atomic E-state index is 0.0172. The lowest BCUT2D eigenvalue weighted by molar-refractivity contribution is -0.122. The summed E-state index contributed by atoms with van der Waals surface area (Å²) < 4.78 is 34.8. The van der Waals surface area contributed by atoms with Gasteiger partial charge in [-0.1, -0.05) is 30.3 Å². The van der Waals surface area contributed by atoms with Crippen LogP contribution in [0, 0.1) is 13.8 Å². The van der Waals surface area contributed by atoms with Gasteiger partial charge >= 0.3 is 0 Å². The highest BCUT2D eigenvalue weighted by Crippen LogP contribution is 2.38. The highest BCUT2D eigenvalue weighted by molar-refractivity contribution is 7.89. The van der Waals surface area contributed by atoms with Crippen LogP contribution < -0.4 is 10.6 Å². The largest absolute Gasteiger partial charge is 0.465 e. The number of amides is 2. The third-order valence-corrected chi connectivity index (χ3v) is 7.98. The highest BCUT2D eigenvalue weighted by atomic mass is 32.2. The summed E-state index contributed by atoms with van der Waals surface area (Å²) in [5.41, 5.74) is 2.79. The Hall–Kier alpha value is -3.43. The molecular weight excluding hydrogens is 466 g/mol. The molecule has 35 heavy (non-hydrogen) atoms. The van der Waals surface area contributed by atoms with Crippen molar-refractivity contribution in [2.75, 3.05) is 11.9 Å². The van der Waals surface area contributed by atoms with Crippen LogP contribution in [0.15, 0.2) is 63.9 Å². The zero-order chi connectivity index (χ0) is 25.2. The van der Waals surface area contributed by atoms with Crippen molar-refractivity contribution in [1.29, 1.82) is 0 Å². The average Bonchev–Trinajstić information content (AvgIpc) is 3.23. The molecule has 1 aliphatic rings. The SMILES string of the molecule is CC(=O)Nc1ccc(C)cc1S(=O)(=O)N1CCc2ccccc2[C@@H]1CC(=O)NCc1ccc(C)o1. The topological polar surface area (TPSA) is 109 Å². The van der Waals surface area contributed by atoms with Gasteiger partial charge in [0.25, 0.3) is 0 Å². The number of nitrogens with one attached hydrogen (secondary N) is 2. The van der Waals surface area contributed by atoms with E-state index in [-0.39, 0.29) is 41.9 Å². The minimum atomic E-state index is -4.04. The number of fused-ring (bicyclic) bond motifs is 1. The van der Waals surface area contributed by atoms with E-state index in [9.17, 15) is 18.0 Å². The Morgan fingerprint density at radius 3 is 2.57 bits per heavy atom. The molecule has 0 saturated carbocycles. The summed E-state index contributed by atoms with van der Waals surface area (Å²) in [6.45, 7) is 5.40. The number of hydrogen-bond acceptors (Lipinski definition) is 5. The predicted octanol–water partition coefficient (Wildman–Crippen LogP) is 3.85. The van der Waals surface area contributed by atoms with Crippen molar-refractivity contribution in [3.63, 3.8) is 0 Å². The molecule has 2 amide bonds. The molecule has 4 rings (SSSR count). The van der Waals surface area contributed by atoms with Crippen LogP contribution in [0.2, 0.25) is 0 Å². The first-order valence-electron chi connectivity index (χ1n) is 11.4. The fraction of sp³-hybridized carbons (Fsp3) is 0.308. The second-order valence-electron chi connectivity index (χ2n) is 8.75. The summed E-state index contributed by atoms with van der Waals surface area (Å²) in [6.07, 6.45) is 0.484. The summed E-state index contributed by atoms with van der Waals surface area (Å²) in [4.78, 5) is 24.7. The number of aryl methyl sites for hydroxylation is 2. The predicted molar refractivity (Wildman–Crippen MR) is 132 cm³/mol. The van der Waals surface area contributed by atoms with Gasteiger partial charge < -0.3 is 15.1 Å². The molecule has 0 fully saturated rings. The minimum Gasteiger partial charge on any atom is -0.465 e. The summed E-state index contributed by atoms with van der Waals surface area (Å²) in [7, 11) is -4.04. The Morgan fingerprint density at radius 1 is 1.09 bits per heavy atom. The number of sulfonamides is 1. The first-order valence-corrected chi connectivity index (χ1v) is 12.9. The van der Waals surface area contributed by atoms with E-state index in [0.29, 0.717) is 12.2 Å². The monoisotopic (exact) mass is 495 g/mol. The number of anilines is 1. The molecule has 0 aliphatic carbocycles. The van der Waals surface area contributed by atoms with Crippen molar-refractivity contribution >= 4 is 27.5 Å². The summed E-state index contributed by atoms with van der Waals surface area (Å²) in [5, 5.41) is 5.46. The van der Waals surface area contributed by atoms with Crippen LogP contribution in [0.4, 0.5) is 5.69 Å². The first kappa shape index (κ1) is 24.7. The molecule has 1 aliphatic heterocycles. The van der Waals surface area contributed by atoms with E-state index in [2.05, 4.69) is 10.6 Å². The molecule has 0 saturated heterocycles. The van der Waals surface area contributed by atoms with Gasteiger partial charge in [0.05, 0.1) is 18.3 Å². The number of rotatable bonds is 7. The van der Waals surface area contributed by atoms with Gasteiger partial charge in [-0.25, -0.2) is 8.42 Å². The summed E-state index contributed by atoms with van der Waals surface area (Å²) in [5.74, 6) is 0.732. The second kappa shape index (κ2) is 10.1. The molecule has 2 aromatic carbocycles. The molecule has 9 heteroatoms. The van der Waals surface area contributed by atoms with Gasteiger partial charge in [0, 0.05) is 19.9 Å². The van der Waals surface area contributed by atoms with Crippen molar-refractivity contribution < 1.29 is 22.4 Å². The smallest absolute Gasteiger partial charge is 0.245 e. The molecule has 0 unspecified atom stereocenters. The zero-order valence-corrected chi connectivity index (χ0v) is 20.8. The standard InChI is InChI=1S/C26H29N3O5S/c1-17-8-11-23(28-19(3)30)25(14-17)35(32,33)29-13-12-20-6-4-5-7-22(20)24(29)15-26(31)27-16-21-10-9-18(2)34-21/h4-11,14,24H,12-13,15-16H2,1-3H3,(H,27,31)(H,28,30)/t24-/m0/s1. The Balaban J connectivity index is 1.67. The number of furan rings is 1. The van der Waals surface area contributed by atoms with Crippen LogP contribution in [0.5, 0.6) is 0 Å². The average molecular weight is 496 g/mol. The normalized spacial score (nSPS) is 15.9. The quantitative estimate of drug-likeness (QED) is 0.518. The lowest BCUT2D eigenvalue weighted by Crippen LogP contribution is -2.42. The van der Waals surface area contributed by atoms with E-state index in [1.807, 2.05) is 37.3 Å². The lowest BCUT2D eigenvalue weighted by atomic mass is 9.92. The van der Waals surface area contributed by atoms with Crippen molar-refractivity contribution in [2.45, 2.75) is 51.1 Å². The number of hydrogen-bond donors (Lipinski definition) is 2. The van der Waals surface area contributed by atoms with Gasteiger partial charge in [0.2, 0.25) is 21.8 Å². The lowest BCUT2D eigenvalue weighted by Gasteiger charge is -2.36. The van der Waals surface area contributed by atoms with Gasteiger partial charge in [-0.2, -0.15) is 4.31 Å². The maximum atomic E-state index is 14.0. The number of carbonyl (C=O) groups is 2. The van der Waals surface area contributed by atoms with Crippen LogP contribution in [0.1, 0.15) is 47.6 Å². The van der Waals surface area contributed by atoms with E-state index < -0.39 is 16.1 Å². The molecule has 1 aromatic heterocycles. The Bertz CT molecular complexity index is 1360. The molecule has 2 N–H and O–H groups in total. The molecule has 2 heterocycles. The number of benzene rings is 2. The van der Waals surface area contributed by atoms with Crippen LogP contribution in [-0.2, 0) is 32.6 Å². The van der Waals surface area contributed by atoms with E-state index in [0.717, 1.165) is 22.5 Å². The Morgan fingerprint density at radius 2 is 1.86 bits per heavy atom. The van der Waals surface area contributed by atoms with E-state index in [1.54, 1.807) is 31.2 Å². The van der Waals surface area contributed by atoms with Crippen molar-refractivity contribution in [3.05, 3.63) is 82.8 Å². The van der Waals surface area contributed by atoms with Crippen LogP contribution in [0.3, 0.4) is 0 Å². The summed E-state index contributed by atoms with van der Waals surface area (Å²) in [6, 6.07) is 15.4. The third-order valence-electron chi connectivity index (χ3n) is 6.03. The maximum Gasteiger partial charge on any atom is 0.245 e. The Kier molecular flexibility index (Phi) is 7.09. The zero-order valence-electron chi connectivity index (χ0n) is 20.0. The van der Waals surface area contributed by atoms with Gasteiger partial charge in [-0.15, -0.1) is 0 Å². The van der Waals surface area contributed by atoms with E-state index in [1.165, 1.54) is 11.2 Å². The Labute approximate surface area is 205 Å². The highest BCUT2D eigenvalue weighted by Gasteiger charge is 2.38. The van der Waals surface area contributed by atoms with Crippen LogP contribution >= 0.6 is 0 Å². The van der Waals surface area contributed by atoms with Gasteiger partial charge in [-0.05, 0) is 61.2 Å². The van der Waals surface area contributed by atoms with E-state index in [4.69, 9.17) is 4.42 Å². The maximum absolute atomic E-state index is 14.0. The molecule has 1 atom stereocenters. The second-order valence-corrected chi connectivity index (χ2v) is 10.6. The molecular formula is C26H29N3O5S. The molecule has 184 valence electrons.